The van der Waals surface area contributed by atoms with E-state index in [1.165, 1.54) is 12.1 Å². The van der Waals surface area contributed by atoms with E-state index in [-0.39, 0.29) is 29.2 Å². The number of likely N-dealkylation sites (tertiary alicyclic amines) is 1. The topological polar surface area (TPSA) is 121 Å². The van der Waals surface area contributed by atoms with Crippen LogP contribution in [-0.4, -0.2) is 34.4 Å². The average molecular weight is 393 g/mol. The van der Waals surface area contributed by atoms with Crippen LogP contribution in [0.2, 0.25) is 0 Å². The number of nitro groups is 1. The van der Waals surface area contributed by atoms with Gasteiger partial charge in [-0.25, -0.2) is 0 Å². The molecular formula is C20H19N5O4. The SMILES string of the molecule is N#Cc1nc(-c2ccc([N+](=O)[O-])cc2)oc1NC[C@H](c1ccco1)N1CCCC1. The van der Waals surface area contributed by atoms with E-state index in [9.17, 15) is 15.4 Å². The van der Waals surface area contributed by atoms with Gasteiger partial charge in [0.2, 0.25) is 17.5 Å². The van der Waals surface area contributed by atoms with E-state index in [1.807, 2.05) is 18.2 Å². The van der Waals surface area contributed by atoms with Crippen molar-refractivity contribution in [2.75, 3.05) is 25.0 Å². The maximum atomic E-state index is 10.8. The zero-order valence-electron chi connectivity index (χ0n) is 15.6. The molecule has 29 heavy (non-hydrogen) atoms. The van der Waals surface area contributed by atoms with Gasteiger partial charge in [-0.15, -0.1) is 0 Å². The first-order valence-corrected chi connectivity index (χ1v) is 9.33. The van der Waals surface area contributed by atoms with Crippen molar-refractivity contribution in [3.8, 4) is 17.5 Å². The number of nitrogens with one attached hydrogen (secondary N) is 1. The Morgan fingerprint density at radius 1 is 1.28 bits per heavy atom. The van der Waals surface area contributed by atoms with Crippen molar-refractivity contribution in [2.24, 2.45) is 0 Å². The molecule has 9 nitrogen and oxygen atoms in total. The Morgan fingerprint density at radius 3 is 2.66 bits per heavy atom. The molecule has 1 aromatic carbocycles. The molecule has 3 heterocycles. The fourth-order valence-corrected chi connectivity index (χ4v) is 3.50. The van der Waals surface area contributed by atoms with Crippen LogP contribution in [-0.2, 0) is 0 Å². The van der Waals surface area contributed by atoms with Gasteiger partial charge in [-0.1, -0.05) is 0 Å². The van der Waals surface area contributed by atoms with Gasteiger partial charge in [-0.05, 0) is 50.2 Å². The highest BCUT2D eigenvalue weighted by molar-refractivity contribution is 5.60. The number of rotatable bonds is 7. The minimum absolute atomic E-state index is 0.0203. The lowest BCUT2D eigenvalue weighted by Crippen LogP contribution is -2.30. The fraction of sp³-hybridized carbons (Fsp3) is 0.300. The number of benzene rings is 1. The molecule has 9 heteroatoms. The van der Waals surface area contributed by atoms with E-state index in [2.05, 4.69) is 15.2 Å². The van der Waals surface area contributed by atoms with Crippen molar-refractivity contribution in [2.45, 2.75) is 18.9 Å². The molecule has 0 spiro atoms. The van der Waals surface area contributed by atoms with Crippen LogP contribution in [0.5, 0.6) is 0 Å². The van der Waals surface area contributed by atoms with Crippen molar-refractivity contribution in [1.82, 2.24) is 9.88 Å². The maximum Gasteiger partial charge on any atom is 0.269 e. The average Bonchev–Trinajstić information content (AvgIpc) is 3.50. The summed E-state index contributed by atoms with van der Waals surface area (Å²) in [6, 6.07) is 11.7. The molecule has 0 radical (unpaired) electrons. The third-order valence-corrected chi connectivity index (χ3v) is 4.97. The number of nitrogens with zero attached hydrogens (tertiary/aromatic N) is 4. The van der Waals surface area contributed by atoms with Crippen LogP contribution >= 0.6 is 0 Å². The molecule has 148 valence electrons. The fourth-order valence-electron chi connectivity index (χ4n) is 3.50. The molecule has 1 N–H and O–H groups in total. The predicted octanol–water partition coefficient (Wildman–Crippen LogP) is 3.96. The number of anilines is 1. The van der Waals surface area contributed by atoms with Gasteiger partial charge in [0.15, 0.2) is 0 Å². The van der Waals surface area contributed by atoms with Crippen molar-refractivity contribution in [3.05, 3.63) is 64.2 Å². The summed E-state index contributed by atoms with van der Waals surface area (Å²) in [6.45, 7) is 2.47. The molecule has 3 aromatic rings. The standard InChI is InChI=1S/C20H19N5O4/c21-12-16-20(29-19(23-16)14-5-7-15(8-6-14)25(26)27)22-13-17(18-4-3-11-28-18)24-9-1-2-10-24/h3-8,11,17,22H,1-2,9-10,13H2/t17-/m1/s1. The van der Waals surface area contributed by atoms with Crippen molar-refractivity contribution in [3.63, 3.8) is 0 Å². The van der Waals surface area contributed by atoms with Crippen molar-refractivity contribution in [1.29, 1.82) is 5.26 Å². The number of hydrogen-bond donors (Lipinski definition) is 1. The number of non-ortho nitro benzene ring substituents is 1. The smallest absolute Gasteiger partial charge is 0.269 e. The van der Waals surface area contributed by atoms with E-state index < -0.39 is 4.92 Å². The highest BCUT2D eigenvalue weighted by Gasteiger charge is 2.26. The van der Waals surface area contributed by atoms with Gasteiger partial charge >= 0.3 is 0 Å². The van der Waals surface area contributed by atoms with E-state index in [0.29, 0.717) is 12.1 Å². The Labute approximate surface area is 166 Å². The van der Waals surface area contributed by atoms with E-state index >= 15 is 0 Å². The van der Waals surface area contributed by atoms with E-state index in [0.717, 1.165) is 31.7 Å². The molecule has 1 fully saturated rings. The van der Waals surface area contributed by atoms with Gasteiger partial charge in [-0.2, -0.15) is 10.2 Å². The van der Waals surface area contributed by atoms with Crippen molar-refractivity contribution < 1.29 is 13.8 Å². The second-order valence-electron chi connectivity index (χ2n) is 6.77. The third-order valence-electron chi connectivity index (χ3n) is 4.97. The minimum Gasteiger partial charge on any atom is -0.468 e. The van der Waals surface area contributed by atoms with Gasteiger partial charge in [0.05, 0.1) is 17.2 Å². The molecule has 1 atom stereocenters. The molecule has 4 rings (SSSR count). The second kappa shape index (κ2) is 8.16. The van der Waals surface area contributed by atoms with Crippen LogP contribution in [0.4, 0.5) is 11.6 Å². The highest BCUT2D eigenvalue weighted by atomic mass is 16.6. The lowest BCUT2D eigenvalue weighted by atomic mass is 10.2. The van der Waals surface area contributed by atoms with E-state index in [1.54, 1.807) is 18.4 Å². The van der Waals surface area contributed by atoms with Crippen LogP contribution in [0.3, 0.4) is 0 Å². The monoisotopic (exact) mass is 393 g/mol. The van der Waals surface area contributed by atoms with Gasteiger partial charge in [0.1, 0.15) is 11.8 Å². The summed E-state index contributed by atoms with van der Waals surface area (Å²) < 4.78 is 11.4. The Morgan fingerprint density at radius 2 is 2.03 bits per heavy atom. The van der Waals surface area contributed by atoms with Gasteiger partial charge in [-0.3, -0.25) is 15.0 Å². The van der Waals surface area contributed by atoms with Crippen LogP contribution in [0.1, 0.15) is 30.3 Å². The van der Waals surface area contributed by atoms with Crippen LogP contribution in [0.15, 0.2) is 51.5 Å². The second-order valence-corrected chi connectivity index (χ2v) is 6.77. The molecule has 0 bridgehead atoms. The third kappa shape index (κ3) is 3.97. The molecule has 0 saturated carbocycles. The van der Waals surface area contributed by atoms with Gasteiger partial charge in [0, 0.05) is 24.2 Å². The van der Waals surface area contributed by atoms with Crippen LogP contribution in [0.25, 0.3) is 11.5 Å². The first kappa shape index (κ1) is 18.7. The Kier molecular flexibility index (Phi) is 5.27. The summed E-state index contributed by atoms with van der Waals surface area (Å²) >= 11 is 0. The molecule has 0 amide bonds. The number of nitriles is 1. The number of hydrogen-bond acceptors (Lipinski definition) is 8. The zero-order valence-corrected chi connectivity index (χ0v) is 15.6. The maximum absolute atomic E-state index is 10.8. The molecule has 2 aromatic heterocycles. The first-order chi connectivity index (χ1) is 14.2. The summed E-state index contributed by atoms with van der Waals surface area (Å²) in [5.74, 6) is 1.36. The summed E-state index contributed by atoms with van der Waals surface area (Å²) in [4.78, 5) is 16.9. The lowest BCUT2D eigenvalue weighted by molar-refractivity contribution is -0.384. The molecule has 0 aliphatic carbocycles. The lowest BCUT2D eigenvalue weighted by Gasteiger charge is -2.25. The predicted molar refractivity (Wildman–Crippen MR) is 104 cm³/mol. The molecule has 1 saturated heterocycles. The van der Waals surface area contributed by atoms with Crippen LogP contribution in [0, 0.1) is 21.4 Å². The summed E-state index contributed by atoms with van der Waals surface area (Å²) in [5, 5.41) is 23.4. The quantitative estimate of drug-likeness (QED) is 0.473. The number of furan rings is 1. The van der Waals surface area contributed by atoms with Gasteiger partial charge in [0.25, 0.3) is 5.69 Å². The minimum atomic E-state index is -0.472. The molecular weight excluding hydrogens is 374 g/mol. The number of oxazole rings is 1. The highest BCUT2D eigenvalue weighted by Crippen LogP contribution is 2.29. The van der Waals surface area contributed by atoms with Crippen LogP contribution < -0.4 is 5.32 Å². The van der Waals surface area contributed by atoms with Crippen molar-refractivity contribution >= 4 is 11.6 Å². The summed E-state index contributed by atoms with van der Waals surface area (Å²) in [7, 11) is 0. The molecule has 1 aliphatic rings. The van der Waals surface area contributed by atoms with E-state index in [4.69, 9.17) is 8.83 Å². The zero-order chi connectivity index (χ0) is 20.2. The normalized spacial score (nSPS) is 15.1. The summed E-state index contributed by atoms with van der Waals surface area (Å²) in [5.41, 5.74) is 0.673. The Bertz CT molecular complexity index is 1010. The molecule has 1 aliphatic heterocycles. The Hall–Kier alpha value is -3.64. The van der Waals surface area contributed by atoms with Gasteiger partial charge < -0.3 is 14.2 Å². The largest absolute Gasteiger partial charge is 0.468 e. The number of nitro benzene ring substituents is 1. The summed E-state index contributed by atoms with van der Waals surface area (Å²) in [6.07, 6.45) is 3.95. The first-order valence-electron chi connectivity index (χ1n) is 9.33. The number of aromatic nitrogens is 1. The Balaban J connectivity index is 1.53. The molecule has 0 unspecified atom stereocenters.